The van der Waals surface area contributed by atoms with E-state index in [-0.39, 0.29) is 12.1 Å². The lowest BCUT2D eigenvalue weighted by atomic mass is 10.1. The van der Waals surface area contributed by atoms with Crippen LogP contribution in [0.5, 0.6) is 0 Å². The number of nitrogens with zero attached hydrogens (tertiary/aromatic N) is 1. The number of benzene rings is 1. The molecule has 0 saturated heterocycles. The van der Waals surface area contributed by atoms with Crippen LogP contribution in [0.2, 0.25) is 10.0 Å². The lowest BCUT2D eigenvalue weighted by molar-refractivity contribution is 0.494. The molecule has 2 nitrogen and oxygen atoms in total. The van der Waals surface area contributed by atoms with E-state index in [1.807, 2.05) is 24.3 Å². The summed E-state index contributed by atoms with van der Waals surface area (Å²) in [5.74, 6) is 0. The molecule has 0 radical (unpaired) electrons. The first-order valence-electron chi connectivity index (χ1n) is 6.19. The molecule has 0 spiro atoms. The number of nitrogens with one attached hydrogen (secondary N) is 1. The Balaban J connectivity index is 2.10. The lowest BCUT2D eigenvalue weighted by Gasteiger charge is -2.21. The van der Waals surface area contributed by atoms with E-state index in [1.165, 1.54) is 5.56 Å². The van der Waals surface area contributed by atoms with Gasteiger partial charge in [-0.25, -0.2) is 0 Å². The Labute approximate surface area is 123 Å². The molecule has 1 aromatic heterocycles. The molecule has 2 aromatic rings. The molecule has 1 aromatic carbocycles. The molecule has 0 fully saturated rings. The van der Waals surface area contributed by atoms with Gasteiger partial charge in [0.2, 0.25) is 0 Å². The SMILES string of the molecule is CC(N[C@@H](C)c1ccncc1)c1ccc(Cl)cc1Cl. The van der Waals surface area contributed by atoms with Gasteiger partial charge in [-0.2, -0.15) is 0 Å². The summed E-state index contributed by atoms with van der Waals surface area (Å²) in [5.41, 5.74) is 2.25. The average molecular weight is 295 g/mol. The van der Waals surface area contributed by atoms with Gasteiger partial charge in [-0.1, -0.05) is 29.3 Å². The lowest BCUT2D eigenvalue weighted by Crippen LogP contribution is -2.22. The van der Waals surface area contributed by atoms with Gasteiger partial charge in [-0.15, -0.1) is 0 Å². The molecule has 2 atom stereocenters. The zero-order valence-electron chi connectivity index (χ0n) is 10.9. The molecular weight excluding hydrogens is 279 g/mol. The molecule has 100 valence electrons. The van der Waals surface area contributed by atoms with E-state index in [9.17, 15) is 0 Å². The maximum atomic E-state index is 6.22. The fraction of sp³-hybridized carbons (Fsp3) is 0.267. The van der Waals surface area contributed by atoms with Gasteiger partial charge >= 0.3 is 0 Å². The van der Waals surface area contributed by atoms with Crippen molar-refractivity contribution in [1.82, 2.24) is 10.3 Å². The maximum Gasteiger partial charge on any atom is 0.0468 e. The summed E-state index contributed by atoms with van der Waals surface area (Å²) in [5, 5.41) is 4.86. The van der Waals surface area contributed by atoms with Gasteiger partial charge in [0.1, 0.15) is 0 Å². The summed E-state index contributed by atoms with van der Waals surface area (Å²) in [6.45, 7) is 4.21. The van der Waals surface area contributed by atoms with Gasteiger partial charge in [0.25, 0.3) is 0 Å². The molecule has 0 aliphatic carbocycles. The molecular formula is C15H16Cl2N2. The predicted octanol–water partition coefficient (Wildman–Crippen LogP) is 4.80. The first-order chi connectivity index (χ1) is 9.08. The second-order valence-electron chi connectivity index (χ2n) is 4.56. The Kier molecular flexibility index (Phi) is 4.81. The van der Waals surface area contributed by atoms with Crippen LogP contribution in [0.25, 0.3) is 0 Å². The monoisotopic (exact) mass is 294 g/mol. The summed E-state index contributed by atoms with van der Waals surface area (Å²) >= 11 is 12.1. The van der Waals surface area contributed by atoms with Crippen LogP contribution in [-0.4, -0.2) is 4.98 Å². The molecule has 0 bridgehead atoms. The number of halogens is 2. The van der Waals surface area contributed by atoms with Crippen molar-refractivity contribution in [2.75, 3.05) is 0 Å². The molecule has 0 aliphatic rings. The standard InChI is InChI=1S/C15H16Cl2N2/c1-10(12-5-7-18-8-6-12)19-11(2)14-4-3-13(16)9-15(14)17/h3-11,19H,1-2H3/t10-,11?/m0/s1. The van der Waals surface area contributed by atoms with Crippen molar-refractivity contribution in [3.8, 4) is 0 Å². The van der Waals surface area contributed by atoms with Gasteiger partial charge in [0.05, 0.1) is 0 Å². The van der Waals surface area contributed by atoms with Crippen LogP contribution in [0.1, 0.15) is 37.1 Å². The molecule has 1 N–H and O–H groups in total. The fourth-order valence-corrected chi connectivity index (χ4v) is 2.64. The Morgan fingerprint density at radius 1 is 1.00 bits per heavy atom. The van der Waals surface area contributed by atoms with Crippen molar-refractivity contribution in [2.45, 2.75) is 25.9 Å². The normalized spacial score (nSPS) is 14.1. The molecule has 1 heterocycles. The topological polar surface area (TPSA) is 24.9 Å². The van der Waals surface area contributed by atoms with Crippen molar-refractivity contribution < 1.29 is 0 Å². The fourth-order valence-electron chi connectivity index (χ4n) is 2.07. The van der Waals surface area contributed by atoms with E-state index in [1.54, 1.807) is 18.5 Å². The molecule has 0 saturated carbocycles. The highest BCUT2D eigenvalue weighted by atomic mass is 35.5. The summed E-state index contributed by atoms with van der Waals surface area (Å²) in [6, 6.07) is 9.98. The highest BCUT2D eigenvalue weighted by molar-refractivity contribution is 6.35. The summed E-state index contributed by atoms with van der Waals surface area (Å²) in [4.78, 5) is 4.03. The molecule has 0 amide bonds. The third-order valence-electron chi connectivity index (χ3n) is 3.14. The average Bonchev–Trinajstić information content (AvgIpc) is 2.39. The largest absolute Gasteiger partial charge is 0.304 e. The summed E-state index contributed by atoms with van der Waals surface area (Å²) in [7, 11) is 0. The van der Waals surface area contributed by atoms with Gasteiger partial charge in [-0.3, -0.25) is 4.98 Å². The van der Waals surface area contributed by atoms with Gasteiger partial charge in [0.15, 0.2) is 0 Å². The van der Waals surface area contributed by atoms with Crippen LogP contribution in [-0.2, 0) is 0 Å². The van der Waals surface area contributed by atoms with Crippen LogP contribution in [0.4, 0.5) is 0 Å². The zero-order valence-corrected chi connectivity index (χ0v) is 12.4. The van der Waals surface area contributed by atoms with Crippen LogP contribution < -0.4 is 5.32 Å². The minimum absolute atomic E-state index is 0.146. The second kappa shape index (κ2) is 6.38. The Hall–Kier alpha value is -1.09. The third kappa shape index (κ3) is 3.69. The quantitative estimate of drug-likeness (QED) is 0.876. The number of rotatable bonds is 4. The van der Waals surface area contributed by atoms with Crippen molar-refractivity contribution in [3.05, 3.63) is 63.9 Å². The van der Waals surface area contributed by atoms with E-state index in [0.29, 0.717) is 10.0 Å². The van der Waals surface area contributed by atoms with Crippen molar-refractivity contribution >= 4 is 23.2 Å². The van der Waals surface area contributed by atoms with Crippen LogP contribution >= 0.6 is 23.2 Å². The van der Waals surface area contributed by atoms with Gasteiger partial charge in [-0.05, 0) is 49.2 Å². The minimum atomic E-state index is 0.146. The van der Waals surface area contributed by atoms with Gasteiger partial charge in [0, 0.05) is 34.5 Å². The smallest absolute Gasteiger partial charge is 0.0468 e. The molecule has 2 rings (SSSR count). The Morgan fingerprint density at radius 3 is 2.32 bits per heavy atom. The van der Waals surface area contributed by atoms with Gasteiger partial charge < -0.3 is 5.32 Å². The van der Waals surface area contributed by atoms with Crippen LogP contribution in [0, 0.1) is 0 Å². The molecule has 19 heavy (non-hydrogen) atoms. The summed E-state index contributed by atoms with van der Waals surface area (Å²) in [6.07, 6.45) is 3.60. The van der Waals surface area contributed by atoms with Crippen molar-refractivity contribution in [2.24, 2.45) is 0 Å². The molecule has 0 aliphatic heterocycles. The van der Waals surface area contributed by atoms with E-state index in [4.69, 9.17) is 23.2 Å². The molecule has 1 unspecified atom stereocenters. The number of pyridine rings is 1. The highest BCUT2D eigenvalue weighted by Crippen LogP contribution is 2.27. The summed E-state index contributed by atoms with van der Waals surface area (Å²) < 4.78 is 0. The number of hydrogen-bond acceptors (Lipinski definition) is 2. The number of hydrogen-bond donors (Lipinski definition) is 1. The third-order valence-corrected chi connectivity index (χ3v) is 3.70. The van der Waals surface area contributed by atoms with E-state index >= 15 is 0 Å². The van der Waals surface area contributed by atoms with E-state index in [2.05, 4.69) is 24.1 Å². The van der Waals surface area contributed by atoms with Crippen LogP contribution in [0.3, 0.4) is 0 Å². The Bertz CT molecular complexity index is 543. The van der Waals surface area contributed by atoms with E-state index < -0.39 is 0 Å². The maximum absolute atomic E-state index is 6.22. The predicted molar refractivity (Wildman–Crippen MR) is 80.7 cm³/mol. The minimum Gasteiger partial charge on any atom is -0.304 e. The number of aromatic nitrogens is 1. The van der Waals surface area contributed by atoms with Crippen molar-refractivity contribution in [3.63, 3.8) is 0 Å². The van der Waals surface area contributed by atoms with E-state index in [0.717, 1.165) is 5.56 Å². The Morgan fingerprint density at radius 2 is 1.68 bits per heavy atom. The first-order valence-corrected chi connectivity index (χ1v) is 6.94. The zero-order chi connectivity index (χ0) is 13.8. The highest BCUT2D eigenvalue weighted by Gasteiger charge is 2.13. The molecule has 4 heteroatoms. The van der Waals surface area contributed by atoms with Crippen molar-refractivity contribution in [1.29, 1.82) is 0 Å². The first kappa shape index (κ1) is 14.3. The second-order valence-corrected chi connectivity index (χ2v) is 5.40. The van der Waals surface area contributed by atoms with Crippen LogP contribution in [0.15, 0.2) is 42.7 Å².